The van der Waals surface area contributed by atoms with Gasteiger partial charge in [-0.1, -0.05) is 0 Å². The maximum atomic E-state index is 11.1. The van der Waals surface area contributed by atoms with Gasteiger partial charge in [0.15, 0.2) is 0 Å². The van der Waals surface area contributed by atoms with Gasteiger partial charge in [0.05, 0.1) is 13.2 Å². The van der Waals surface area contributed by atoms with Crippen molar-refractivity contribution in [2.45, 2.75) is 32.2 Å². The van der Waals surface area contributed by atoms with E-state index in [0.29, 0.717) is 19.3 Å². The van der Waals surface area contributed by atoms with E-state index < -0.39 is 12.0 Å². The molecule has 0 saturated carbocycles. The molecule has 0 unspecified atom stereocenters. The molecule has 0 aromatic carbocycles. The number of carbonyl (C=O) groups excluding carboxylic acids is 2. The van der Waals surface area contributed by atoms with Crippen LogP contribution in [0.1, 0.15) is 26.2 Å². The van der Waals surface area contributed by atoms with Gasteiger partial charge < -0.3 is 10.1 Å². The summed E-state index contributed by atoms with van der Waals surface area (Å²) in [6.07, 6.45) is 1.36. The quantitative estimate of drug-likeness (QED) is 0.511. The highest BCUT2D eigenvalue weighted by molar-refractivity contribution is 5.83. The second-order valence-corrected chi connectivity index (χ2v) is 2.83. The van der Waals surface area contributed by atoms with Crippen molar-refractivity contribution < 1.29 is 14.3 Å². The number of ether oxygens (including phenoxy) is 1. The first-order valence-corrected chi connectivity index (χ1v) is 4.33. The summed E-state index contributed by atoms with van der Waals surface area (Å²) in [4.78, 5) is 21.8. The summed E-state index contributed by atoms with van der Waals surface area (Å²) in [6.45, 7) is 1.33. The Balaban J connectivity index is 4.05. The number of amides is 1. The van der Waals surface area contributed by atoms with E-state index in [-0.39, 0.29) is 5.91 Å². The largest absolute Gasteiger partial charge is 0.467 e. The first-order valence-electron chi connectivity index (χ1n) is 4.33. The maximum absolute atomic E-state index is 11.1. The summed E-state index contributed by atoms with van der Waals surface area (Å²) in [5.74, 6) is -0.754. The van der Waals surface area contributed by atoms with Crippen LogP contribution in [0.2, 0.25) is 0 Å². The highest BCUT2D eigenvalue weighted by Gasteiger charge is 2.18. The molecule has 1 N–H and O–H groups in total. The van der Waals surface area contributed by atoms with Gasteiger partial charge in [0.1, 0.15) is 6.04 Å². The molecule has 78 valence electrons. The molecule has 1 atom stereocenters. The van der Waals surface area contributed by atoms with Gasteiger partial charge in [0.25, 0.3) is 0 Å². The summed E-state index contributed by atoms with van der Waals surface area (Å²) >= 11 is 0. The summed E-state index contributed by atoms with van der Waals surface area (Å²) < 4.78 is 4.51. The number of esters is 1. The molecule has 0 aliphatic heterocycles. The predicted molar refractivity (Wildman–Crippen MR) is 49.1 cm³/mol. The number of nitrogens with one attached hydrogen (secondary N) is 1. The van der Waals surface area contributed by atoms with Crippen LogP contribution in [-0.4, -0.2) is 25.0 Å². The van der Waals surface area contributed by atoms with Crippen molar-refractivity contribution in [3.8, 4) is 6.07 Å². The first kappa shape index (κ1) is 12.4. The van der Waals surface area contributed by atoms with Crippen LogP contribution in [0.15, 0.2) is 0 Å². The minimum atomic E-state index is -0.633. The number of carbonyl (C=O) groups is 2. The zero-order chi connectivity index (χ0) is 11.0. The predicted octanol–water partition coefficient (Wildman–Crippen LogP) is 0.358. The number of methoxy groups -OCH3 is 1. The van der Waals surface area contributed by atoms with Crippen molar-refractivity contribution in [2.24, 2.45) is 0 Å². The third-order valence-electron chi connectivity index (χ3n) is 1.64. The van der Waals surface area contributed by atoms with Crippen LogP contribution in [-0.2, 0) is 14.3 Å². The fourth-order valence-electron chi connectivity index (χ4n) is 1.02. The fourth-order valence-corrected chi connectivity index (χ4v) is 1.02. The number of nitrogens with zero attached hydrogens (tertiary/aromatic N) is 1. The molecule has 0 aliphatic rings. The summed E-state index contributed by atoms with van der Waals surface area (Å²) in [7, 11) is 1.27. The second-order valence-electron chi connectivity index (χ2n) is 2.83. The van der Waals surface area contributed by atoms with E-state index in [4.69, 9.17) is 5.26 Å². The minimum Gasteiger partial charge on any atom is -0.467 e. The highest BCUT2D eigenvalue weighted by Crippen LogP contribution is 2.02. The number of nitriles is 1. The molecule has 0 aromatic rings. The Kier molecular flexibility index (Phi) is 6.12. The molecule has 1 amide bonds. The Hall–Kier alpha value is -1.57. The standard InChI is InChI=1S/C9H14N2O3/c1-7(12)11-8(9(13)14-2)5-3-4-6-10/h8H,3-5H2,1-2H3,(H,11,12)/t8-/m0/s1. The lowest BCUT2D eigenvalue weighted by molar-refractivity contribution is -0.145. The van der Waals surface area contributed by atoms with Gasteiger partial charge in [-0.25, -0.2) is 4.79 Å². The molecule has 0 fully saturated rings. The summed E-state index contributed by atoms with van der Waals surface area (Å²) in [5.41, 5.74) is 0. The zero-order valence-electron chi connectivity index (χ0n) is 8.37. The third kappa shape index (κ3) is 5.14. The van der Waals surface area contributed by atoms with Gasteiger partial charge in [0.2, 0.25) is 5.91 Å². The summed E-state index contributed by atoms with van der Waals surface area (Å²) in [5, 5.41) is 10.8. The van der Waals surface area contributed by atoms with E-state index in [9.17, 15) is 9.59 Å². The molecule has 0 saturated heterocycles. The van der Waals surface area contributed by atoms with Crippen molar-refractivity contribution in [3.05, 3.63) is 0 Å². The van der Waals surface area contributed by atoms with Crippen molar-refractivity contribution >= 4 is 11.9 Å². The molecular weight excluding hydrogens is 184 g/mol. The van der Waals surface area contributed by atoms with Gasteiger partial charge in [-0.05, 0) is 12.8 Å². The Morgan fingerprint density at radius 1 is 1.57 bits per heavy atom. The molecule has 0 spiro atoms. The van der Waals surface area contributed by atoms with Crippen LogP contribution in [0.3, 0.4) is 0 Å². The van der Waals surface area contributed by atoms with Crippen molar-refractivity contribution in [1.82, 2.24) is 5.32 Å². The minimum absolute atomic E-state index is 0.280. The number of hydrogen-bond donors (Lipinski definition) is 1. The Morgan fingerprint density at radius 3 is 2.64 bits per heavy atom. The molecule has 0 heterocycles. The number of hydrogen-bond acceptors (Lipinski definition) is 4. The molecule has 5 heteroatoms. The highest BCUT2D eigenvalue weighted by atomic mass is 16.5. The van der Waals surface area contributed by atoms with Crippen LogP contribution in [0.5, 0.6) is 0 Å². The van der Waals surface area contributed by atoms with Crippen LogP contribution < -0.4 is 5.32 Å². The molecule has 5 nitrogen and oxygen atoms in total. The van der Waals surface area contributed by atoms with Crippen molar-refractivity contribution in [2.75, 3.05) is 7.11 Å². The van der Waals surface area contributed by atoms with Gasteiger partial charge in [0, 0.05) is 13.3 Å². The first-order chi connectivity index (χ1) is 6.61. The van der Waals surface area contributed by atoms with Crippen LogP contribution in [0, 0.1) is 11.3 Å². The molecule has 14 heavy (non-hydrogen) atoms. The lowest BCUT2D eigenvalue weighted by Gasteiger charge is -2.14. The van der Waals surface area contributed by atoms with Crippen LogP contribution in [0.4, 0.5) is 0 Å². The van der Waals surface area contributed by atoms with E-state index in [2.05, 4.69) is 10.1 Å². The van der Waals surface area contributed by atoms with Crippen LogP contribution in [0.25, 0.3) is 0 Å². The molecule has 0 aromatic heterocycles. The van der Waals surface area contributed by atoms with E-state index in [1.165, 1.54) is 14.0 Å². The number of unbranched alkanes of at least 4 members (excludes halogenated alkanes) is 1. The van der Waals surface area contributed by atoms with Gasteiger partial charge in [-0.3, -0.25) is 4.79 Å². The lowest BCUT2D eigenvalue weighted by Crippen LogP contribution is -2.40. The summed E-state index contributed by atoms with van der Waals surface area (Å²) in [6, 6.07) is 1.34. The second kappa shape index (κ2) is 6.89. The van der Waals surface area contributed by atoms with E-state index in [0.717, 1.165) is 0 Å². The average molecular weight is 198 g/mol. The monoisotopic (exact) mass is 198 g/mol. The SMILES string of the molecule is COC(=O)[C@H](CCCC#N)NC(C)=O. The van der Waals surface area contributed by atoms with Crippen molar-refractivity contribution in [3.63, 3.8) is 0 Å². The Bertz CT molecular complexity index is 245. The third-order valence-corrected chi connectivity index (χ3v) is 1.64. The van der Waals surface area contributed by atoms with Crippen LogP contribution >= 0.6 is 0 Å². The molecule has 0 bridgehead atoms. The van der Waals surface area contributed by atoms with E-state index in [1.807, 2.05) is 6.07 Å². The molecule has 0 radical (unpaired) electrons. The molecule has 0 rings (SSSR count). The maximum Gasteiger partial charge on any atom is 0.328 e. The van der Waals surface area contributed by atoms with E-state index >= 15 is 0 Å². The van der Waals surface area contributed by atoms with Crippen molar-refractivity contribution in [1.29, 1.82) is 5.26 Å². The Labute approximate surface area is 83.0 Å². The molecular formula is C9H14N2O3. The smallest absolute Gasteiger partial charge is 0.328 e. The van der Waals surface area contributed by atoms with Gasteiger partial charge in [-0.2, -0.15) is 5.26 Å². The topological polar surface area (TPSA) is 79.2 Å². The normalized spacial score (nSPS) is 11.2. The lowest BCUT2D eigenvalue weighted by atomic mass is 10.1. The number of rotatable bonds is 5. The molecule has 0 aliphatic carbocycles. The van der Waals surface area contributed by atoms with Gasteiger partial charge >= 0.3 is 5.97 Å². The van der Waals surface area contributed by atoms with E-state index in [1.54, 1.807) is 0 Å². The Morgan fingerprint density at radius 2 is 2.21 bits per heavy atom. The average Bonchev–Trinajstić information content (AvgIpc) is 2.15. The van der Waals surface area contributed by atoms with Gasteiger partial charge in [-0.15, -0.1) is 0 Å². The zero-order valence-corrected chi connectivity index (χ0v) is 8.37. The fraction of sp³-hybridized carbons (Fsp3) is 0.667.